The zero-order chi connectivity index (χ0) is 20.9. The number of amides is 1. The van der Waals surface area contributed by atoms with Crippen LogP contribution in [0.25, 0.3) is 10.7 Å². The molecular weight excluding hydrogens is 390 g/mol. The fourth-order valence-electron chi connectivity index (χ4n) is 2.54. The average molecular weight is 413 g/mol. The van der Waals surface area contributed by atoms with Crippen molar-refractivity contribution in [3.05, 3.63) is 53.2 Å². The molecule has 1 aromatic carbocycles. The zero-order valence-corrected chi connectivity index (χ0v) is 17.4. The summed E-state index contributed by atoms with van der Waals surface area (Å²) >= 11 is 1.51. The molecule has 1 amide bonds. The predicted octanol–water partition coefficient (Wildman–Crippen LogP) is 4.21. The number of nitrogens with one attached hydrogen (secondary N) is 1. The Hall–Kier alpha value is -3.00. The van der Waals surface area contributed by atoms with Crippen LogP contribution in [0, 0.1) is 0 Å². The van der Waals surface area contributed by atoms with Crippen LogP contribution >= 0.6 is 11.3 Å². The number of aromatic nitrogens is 2. The average Bonchev–Trinajstić information content (AvgIpc) is 3.36. The van der Waals surface area contributed by atoms with Crippen LogP contribution in [-0.2, 0) is 26.2 Å². The van der Waals surface area contributed by atoms with E-state index in [1.165, 1.54) is 16.9 Å². The molecule has 0 spiro atoms. The number of nitrogens with zero attached hydrogens (tertiary/aromatic N) is 2. The molecular formula is C21H23N3O4S. The molecule has 0 atom stereocenters. The first kappa shape index (κ1) is 20.7. The highest BCUT2D eigenvalue weighted by molar-refractivity contribution is 7.13. The van der Waals surface area contributed by atoms with Crippen LogP contribution in [0.15, 0.2) is 46.3 Å². The normalized spacial score (nSPS) is 11.3. The second kappa shape index (κ2) is 9.00. The molecule has 0 unspecified atom stereocenters. The van der Waals surface area contributed by atoms with E-state index in [0.29, 0.717) is 17.4 Å². The van der Waals surface area contributed by atoms with Gasteiger partial charge in [-0.05, 0) is 34.6 Å². The monoisotopic (exact) mass is 413 g/mol. The first-order valence-corrected chi connectivity index (χ1v) is 10.1. The van der Waals surface area contributed by atoms with Gasteiger partial charge in [-0.3, -0.25) is 9.59 Å². The zero-order valence-electron chi connectivity index (χ0n) is 16.6. The minimum absolute atomic E-state index is 0.0426. The van der Waals surface area contributed by atoms with Gasteiger partial charge in [0.2, 0.25) is 11.7 Å². The number of anilines is 1. The van der Waals surface area contributed by atoms with Crippen molar-refractivity contribution >= 4 is 28.9 Å². The van der Waals surface area contributed by atoms with Gasteiger partial charge in [0.05, 0.1) is 11.3 Å². The number of aryl methyl sites for hydroxylation is 1. The number of hydrogen-bond donors (Lipinski definition) is 1. The topological polar surface area (TPSA) is 94.3 Å². The molecule has 8 heteroatoms. The smallest absolute Gasteiger partial charge is 0.306 e. The first-order valence-electron chi connectivity index (χ1n) is 9.24. The summed E-state index contributed by atoms with van der Waals surface area (Å²) in [6.07, 6.45) is 0.312. The van der Waals surface area contributed by atoms with Crippen LogP contribution in [0.5, 0.6) is 0 Å². The Morgan fingerprint density at radius 3 is 2.59 bits per heavy atom. The van der Waals surface area contributed by atoms with Gasteiger partial charge in [-0.15, -0.1) is 11.3 Å². The van der Waals surface area contributed by atoms with Crippen LogP contribution < -0.4 is 5.32 Å². The Labute approximate surface area is 173 Å². The van der Waals surface area contributed by atoms with Crippen molar-refractivity contribution in [3.63, 3.8) is 0 Å². The van der Waals surface area contributed by atoms with Gasteiger partial charge in [0.25, 0.3) is 5.91 Å². The summed E-state index contributed by atoms with van der Waals surface area (Å²) < 4.78 is 10.2. The van der Waals surface area contributed by atoms with E-state index >= 15 is 0 Å². The molecule has 29 heavy (non-hydrogen) atoms. The Kier molecular flexibility index (Phi) is 6.43. The molecule has 7 nitrogen and oxygen atoms in total. The highest BCUT2D eigenvalue weighted by Crippen LogP contribution is 2.23. The fourth-order valence-corrected chi connectivity index (χ4v) is 3.19. The number of hydrogen-bond acceptors (Lipinski definition) is 7. The largest absolute Gasteiger partial charge is 0.456 e. The van der Waals surface area contributed by atoms with Crippen molar-refractivity contribution in [2.24, 2.45) is 0 Å². The van der Waals surface area contributed by atoms with E-state index in [4.69, 9.17) is 9.26 Å². The molecule has 2 aromatic heterocycles. The second-order valence-electron chi connectivity index (χ2n) is 7.53. The Bertz CT molecular complexity index is 957. The van der Waals surface area contributed by atoms with Gasteiger partial charge in [-0.2, -0.15) is 4.98 Å². The summed E-state index contributed by atoms with van der Waals surface area (Å²) in [7, 11) is 0. The molecule has 0 bridgehead atoms. The number of ether oxygens (including phenoxy) is 1. The van der Waals surface area contributed by atoms with E-state index in [-0.39, 0.29) is 30.8 Å². The molecule has 3 rings (SSSR count). The minimum atomic E-state index is -0.501. The number of benzene rings is 1. The van der Waals surface area contributed by atoms with Crippen molar-refractivity contribution in [3.8, 4) is 10.7 Å². The number of esters is 1. The summed E-state index contributed by atoms with van der Waals surface area (Å²) in [6.45, 7) is 6.02. The third-order valence-corrected chi connectivity index (χ3v) is 5.02. The molecule has 0 saturated heterocycles. The lowest BCUT2D eigenvalue weighted by Crippen LogP contribution is -2.21. The summed E-state index contributed by atoms with van der Waals surface area (Å²) in [5, 5.41) is 8.52. The van der Waals surface area contributed by atoms with Crippen LogP contribution in [0.1, 0.15) is 38.6 Å². The standard InChI is InChI=1S/C21H23N3O4S/c1-21(2,3)14-6-8-15(9-7-14)22-17(25)13-27-19(26)11-10-18-23-20(24-28-18)16-5-4-12-29-16/h4-9,12H,10-11,13H2,1-3H3,(H,22,25). The third-order valence-electron chi connectivity index (χ3n) is 4.15. The summed E-state index contributed by atoms with van der Waals surface area (Å²) in [5.74, 6) is -0.0345. The first-order chi connectivity index (χ1) is 13.8. The molecule has 0 aliphatic heterocycles. The maximum absolute atomic E-state index is 12.0. The molecule has 1 N–H and O–H groups in total. The third kappa shape index (κ3) is 5.99. The SMILES string of the molecule is CC(C)(C)c1ccc(NC(=O)COC(=O)CCc2nc(-c3cccs3)no2)cc1. The molecule has 3 aromatic rings. The van der Waals surface area contributed by atoms with Gasteiger partial charge in [0.15, 0.2) is 6.61 Å². The molecule has 2 heterocycles. The molecule has 152 valence electrons. The van der Waals surface area contributed by atoms with Crippen molar-refractivity contribution < 1.29 is 18.8 Å². The molecule has 0 radical (unpaired) electrons. The van der Waals surface area contributed by atoms with E-state index < -0.39 is 5.97 Å². The molecule has 0 aliphatic rings. The van der Waals surface area contributed by atoms with E-state index in [1.54, 1.807) is 0 Å². The van der Waals surface area contributed by atoms with Gasteiger partial charge in [-0.25, -0.2) is 0 Å². The summed E-state index contributed by atoms with van der Waals surface area (Å²) in [4.78, 5) is 29.0. The Balaban J connectivity index is 1.40. The van der Waals surface area contributed by atoms with Gasteiger partial charge in [-0.1, -0.05) is 44.1 Å². The van der Waals surface area contributed by atoms with Crippen molar-refractivity contribution in [1.82, 2.24) is 10.1 Å². The second-order valence-corrected chi connectivity index (χ2v) is 8.47. The van der Waals surface area contributed by atoms with E-state index in [2.05, 4.69) is 36.2 Å². The number of carbonyl (C=O) groups is 2. The number of carbonyl (C=O) groups excluding carboxylic acids is 2. The van der Waals surface area contributed by atoms with Crippen LogP contribution in [-0.4, -0.2) is 28.6 Å². The fraction of sp³-hybridized carbons (Fsp3) is 0.333. The number of thiophene rings is 1. The van der Waals surface area contributed by atoms with E-state index in [9.17, 15) is 9.59 Å². The summed E-state index contributed by atoms with van der Waals surface area (Å²) in [6, 6.07) is 11.4. The van der Waals surface area contributed by atoms with Gasteiger partial charge in [0, 0.05) is 12.1 Å². The van der Waals surface area contributed by atoms with Crippen molar-refractivity contribution in [1.29, 1.82) is 0 Å². The van der Waals surface area contributed by atoms with E-state index in [1.807, 2.05) is 41.8 Å². The maximum atomic E-state index is 12.0. The van der Waals surface area contributed by atoms with Crippen LogP contribution in [0.4, 0.5) is 5.69 Å². The van der Waals surface area contributed by atoms with Crippen LogP contribution in [0.3, 0.4) is 0 Å². The molecule has 0 fully saturated rings. The Morgan fingerprint density at radius 1 is 1.17 bits per heavy atom. The van der Waals surface area contributed by atoms with Gasteiger partial charge < -0.3 is 14.6 Å². The molecule has 0 aliphatic carbocycles. The lowest BCUT2D eigenvalue weighted by molar-refractivity contribution is -0.147. The maximum Gasteiger partial charge on any atom is 0.306 e. The van der Waals surface area contributed by atoms with Crippen molar-refractivity contribution in [2.75, 3.05) is 11.9 Å². The Morgan fingerprint density at radius 2 is 1.93 bits per heavy atom. The highest BCUT2D eigenvalue weighted by atomic mass is 32.1. The minimum Gasteiger partial charge on any atom is -0.456 e. The summed E-state index contributed by atoms with van der Waals surface area (Å²) in [5.41, 5.74) is 1.87. The quantitative estimate of drug-likeness (QED) is 0.583. The van der Waals surface area contributed by atoms with Crippen LogP contribution in [0.2, 0.25) is 0 Å². The predicted molar refractivity (Wildman–Crippen MR) is 111 cm³/mol. The lowest BCUT2D eigenvalue weighted by Gasteiger charge is -2.19. The lowest BCUT2D eigenvalue weighted by atomic mass is 9.87. The van der Waals surface area contributed by atoms with Gasteiger partial charge >= 0.3 is 5.97 Å². The van der Waals surface area contributed by atoms with Gasteiger partial charge in [0.1, 0.15) is 0 Å². The van der Waals surface area contributed by atoms with E-state index in [0.717, 1.165) is 4.88 Å². The molecule has 0 saturated carbocycles. The number of rotatable bonds is 7. The van der Waals surface area contributed by atoms with Crippen molar-refractivity contribution in [2.45, 2.75) is 39.0 Å². The highest BCUT2D eigenvalue weighted by Gasteiger charge is 2.15.